The SMILES string of the molecule is N#Cc1cccc(OCc2cc(F)ccc2N)c1. The maximum Gasteiger partial charge on any atom is 0.123 e. The Morgan fingerprint density at radius 2 is 2.06 bits per heavy atom. The molecule has 2 N–H and O–H groups in total. The summed E-state index contributed by atoms with van der Waals surface area (Å²) in [5.74, 6) is 0.200. The third-order valence-corrected chi connectivity index (χ3v) is 2.46. The third-order valence-electron chi connectivity index (χ3n) is 2.46. The van der Waals surface area contributed by atoms with Gasteiger partial charge in [-0.15, -0.1) is 0 Å². The van der Waals surface area contributed by atoms with E-state index >= 15 is 0 Å². The van der Waals surface area contributed by atoms with E-state index in [-0.39, 0.29) is 12.4 Å². The zero-order chi connectivity index (χ0) is 13.0. The van der Waals surface area contributed by atoms with E-state index in [0.717, 1.165) is 0 Å². The van der Waals surface area contributed by atoms with Crippen molar-refractivity contribution in [3.05, 3.63) is 59.4 Å². The lowest BCUT2D eigenvalue weighted by molar-refractivity contribution is 0.306. The Morgan fingerprint density at radius 1 is 1.22 bits per heavy atom. The molecular weight excluding hydrogens is 231 g/mol. The highest BCUT2D eigenvalue weighted by atomic mass is 19.1. The number of ether oxygens (including phenoxy) is 1. The van der Waals surface area contributed by atoms with Crippen LogP contribution in [0.2, 0.25) is 0 Å². The summed E-state index contributed by atoms with van der Waals surface area (Å²) in [6.45, 7) is 0.165. The van der Waals surface area contributed by atoms with E-state index in [1.165, 1.54) is 18.2 Å². The van der Waals surface area contributed by atoms with Crippen LogP contribution in [0.1, 0.15) is 11.1 Å². The number of benzene rings is 2. The highest BCUT2D eigenvalue weighted by Gasteiger charge is 2.03. The molecule has 2 rings (SSSR count). The number of nitrogens with zero attached hydrogens (tertiary/aromatic N) is 1. The van der Waals surface area contributed by atoms with E-state index in [1.807, 2.05) is 6.07 Å². The summed E-state index contributed by atoms with van der Waals surface area (Å²) >= 11 is 0. The van der Waals surface area contributed by atoms with Crippen molar-refractivity contribution in [3.63, 3.8) is 0 Å². The summed E-state index contributed by atoms with van der Waals surface area (Å²) in [5, 5.41) is 8.75. The molecule has 0 atom stereocenters. The summed E-state index contributed by atoms with van der Waals surface area (Å²) < 4.78 is 18.5. The van der Waals surface area contributed by atoms with Gasteiger partial charge in [0.2, 0.25) is 0 Å². The van der Waals surface area contributed by atoms with Crippen LogP contribution in [0.3, 0.4) is 0 Å². The van der Waals surface area contributed by atoms with Gasteiger partial charge in [0, 0.05) is 11.3 Å². The van der Waals surface area contributed by atoms with Crippen molar-refractivity contribution in [2.45, 2.75) is 6.61 Å². The number of nitrogens with two attached hydrogens (primary N) is 1. The summed E-state index contributed by atoms with van der Waals surface area (Å²) in [5.41, 5.74) is 7.28. The maximum absolute atomic E-state index is 13.0. The zero-order valence-corrected chi connectivity index (χ0v) is 9.56. The monoisotopic (exact) mass is 242 g/mol. The number of nitrogen functional groups attached to an aromatic ring is 1. The van der Waals surface area contributed by atoms with Gasteiger partial charge in [0.15, 0.2) is 0 Å². The number of anilines is 1. The van der Waals surface area contributed by atoms with Gasteiger partial charge in [-0.05, 0) is 36.4 Å². The average molecular weight is 242 g/mol. The molecule has 2 aromatic rings. The first-order valence-electron chi connectivity index (χ1n) is 5.36. The topological polar surface area (TPSA) is 59.0 Å². The normalized spacial score (nSPS) is 9.78. The van der Waals surface area contributed by atoms with Gasteiger partial charge in [-0.2, -0.15) is 5.26 Å². The van der Waals surface area contributed by atoms with Gasteiger partial charge >= 0.3 is 0 Å². The van der Waals surface area contributed by atoms with E-state index in [0.29, 0.717) is 22.6 Å². The molecule has 3 nitrogen and oxygen atoms in total. The Morgan fingerprint density at radius 3 is 2.83 bits per heavy atom. The first-order chi connectivity index (χ1) is 8.69. The van der Waals surface area contributed by atoms with Crippen LogP contribution in [0.25, 0.3) is 0 Å². The molecule has 2 aromatic carbocycles. The van der Waals surface area contributed by atoms with Crippen LogP contribution in [-0.4, -0.2) is 0 Å². The van der Waals surface area contributed by atoms with Gasteiger partial charge in [-0.1, -0.05) is 6.07 Å². The molecule has 18 heavy (non-hydrogen) atoms. The molecule has 0 amide bonds. The predicted molar refractivity (Wildman–Crippen MR) is 66.3 cm³/mol. The van der Waals surface area contributed by atoms with Gasteiger partial charge in [0.1, 0.15) is 18.2 Å². The average Bonchev–Trinajstić information content (AvgIpc) is 2.40. The van der Waals surface area contributed by atoms with Crippen molar-refractivity contribution in [1.29, 1.82) is 5.26 Å². The van der Waals surface area contributed by atoms with Crippen LogP contribution in [-0.2, 0) is 6.61 Å². The molecule has 0 spiro atoms. The van der Waals surface area contributed by atoms with E-state index in [1.54, 1.807) is 24.3 Å². The number of halogens is 1. The first kappa shape index (κ1) is 11.9. The van der Waals surface area contributed by atoms with Gasteiger partial charge in [0.05, 0.1) is 11.6 Å². The molecule has 0 aliphatic carbocycles. The quantitative estimate of drug-likeness (QED) is 0.842. The Bertz CT molecular complexity index is 605. The number of rotatable bonds is 3. The fourth-order valence-electron chi connectivity index (χ4n) is 1.52. The molecule has 0 bridgehead atoms. The van der Waals surface area contributed by atoms with E-state index in [2.05, 4.69) is 0 Å². The van der Waals surface area contributed by atoms with Crippen LogP contribution >= 0.6 is 0 Å². The summed E-state index contributed by atoms with van der Waals surface area (Å²) in [6.07, 6.45) is 0. The molecule has 4 heteroatoms. The van der Waals surface area contributed by atoms with Crippen molar-refractivity contribution in [3.8, 4) is 11.8 Å². The van der Waals surface area contributed by atoms with Gasteiger partial charge in [0.25, 0.3) is 0 Å². The summed E-state index contributed by atoms with van der Waals surface area (Å²) in [4.78, 5) is 0. The zero-order valence-electron chi connectivity index (χ0n) is 9.56. The van der Waals surface area contributed by atoms with Gasteiger partial charge in [-0.3, -0.25) is 0 Å². The maximum atomic E-state index is 13.0. The fraction of sp³-hybridized carbons (Fsp3) is 0.0714. The van der Waals surface area contributed by atoms with Crippen molar-refractivity contribution in [1.82, 2.24) is 0 Å². The minimum Gasteiger partial charge on any atom is -0.489 e. The van der Waals surface area contributed by atoms with Crippen LogP contribution in [0, 0.1) is 17.1 Å². The summed E-state index contributed by atoms with van der Waals surface area (Å²) in [7, 11) is 0. The lowest BCUT2D eigenvalue weighted by atomic mass is 10.2. The molecule has 0 heterocycles. The molecule has 0 aromatic heterocycles. The summed E-state index contributed by atoms with van der Waals surface area (Å²) in [6, 6.07) is 12.9. The van der Waals surface area contributed by atoms with E-state index in [9.17, 15) is 4.39 Å². The van der Waals surface area contributed by atoms with Crippen molar-refractivity contribution >= 4 is 5.69 Å². The Hall–Kier alpha value is -2.54. The molecule has 0 saturated carbocycles. The van der Waals surface area contributed by atoms with Gasteiger partial charge < -0.3 is 10.5 Å². The molecule has 0 aliphatic heterocycles. The lowest BCUT2D eigenvalue weighted by Crippen LogP contribution is -2.01. The highest BCUT2D eigenvalue weighted by molar-refractivity contribution is 5.46. The molecule has 0 aliphatic rings. The smallest absolute Gasteiger partial charge is 0.123 e. The Balaban J connectivity index is 2.11. The van der Waals surface area contributed by atoms with Crippen LogP contribution in [0.4, 0.5) is 10.1 Å². The number of hydrogen-bond acceptors (Lipinski definition) is 3. The first-order valence-corrected chi connectivity index (χ1v) is 5.36. The Labute approximate surface area is 104 Å². The van der Waals surface area contributed by atoms with E-state index < -0.39 is 0 Å². The number of nitriles is 1. The standard InChI is InChI=1S/C14H11FN2O/c15-12-4-5-14(17)11(7-12)9-18-13-3-1-2-10(6-13)8-16/h1-7H,9,17H2. The van der Waals surface area contributed by atoms with Crippen molar-refractivity contribution < 1.29 is 9.13 Å². The molecule has 0 saturated heterocycles. The molecule has 0 unspecified atom stereocenters. The van der Waals surface area contributed by atoms with E-state index in [4.69, 9.17) is 15.7 Å². The fourth-order valence-corrected chi connectivity index (χ4v) is 1.52. The Kier molecular flexibility index (Phi) is 3.44. The van der Waals surface area contributed by atoms with Crippen molar-refractivity contribution in [2.24, 2.45) is 0 Å². The van der Waals surface area contributed by atoms with Crippen molar-refractivity contribution in [2.75, 3.05) is 5.73 Å². The second kappa shape index (κ2) is 5.19. The number of hydrogen-bond donors (Lipinski definition) is 1. The lowest BCUT2D eigenvalue weighted by Gasteiger charge is -2.08. The second-order valence-corrected chi connectivity index (χ2v) is 3.77. The molecule has 90 valence electrons. The predicted octanol–water partition coefficient (Wildman–Crippen LogP) is 2.86. The minimum absolute atomic E-state index is 0.165. The second-order valence-electron chi connectivity index (χ2n) is 3.77. The van der Waals surface area contributed by atoms with Crippen LogP contribution in [0.15, 0.2) is 42.5 Å². The van der Waals surface area contributed by atoms with Crippen LogP contribution < -0.4 is 10.5 Å². The molecule has 0 radical (unpaired) electrons. The largest absolute Gasteiger partial charge is 0.489 e. The third kappa shape index (κ3) is 2.77. The molecular formula is C14H11FN2O. The van der Waals surface area contributed by atoms with Gasteiger partial charge in [-0.25, -0.2) is 4.39 Å². The molecule has 0 fully saturated rings. The van der Waals surface area contributed by atoms with Crippen LogP contribution in [0.5, 0.6) is 5.75 Å². The minimum atomic E-state index is -0.353. The highest BCUT2D eigenvalue weighted by Crippen LogP contribution is 2.18.